The molecule has 4 fully saturated rings. The van der Waals surface area contributed by atoms with Crippen LogP contribution in [-0.4, -0.2) is 108 Å². The largest absolute Gasteiger partial charge is 0.462 e. The van der Waals surface area contributed by atoms with Crippen LogP contribution in [0.25, 0.3) is 0 Å². The van der Waals surface area contributed by atoms with E-state index >= 15 is 0 Å². The molecule has 1 aromatic rings. The van der Waals surface area contributed by atoms with Gasteiger partial charge in [-0.2, -0.15) is 0 Å². The second-order valence-electron chi connectivity index (χ2n) is 10.4. The molecule has 0 amide bonds. The first-order chi connectivity index (χ1) is 16.8. The zero-order valence-electron chi connectivity index (χ0n) is 20.7. The van der Waals surface area contributed by atoms with E-state index in [4.69, 9.17) is 9.47 Å². The van der Waals surface area contributed by atoms with Gasteiger partial charge in [0.25, 0.3) is 0 Å². The minimum atomic E-state index is -3.20. The quantitative estimate of drug-likeness (QED) is 0.536. The highest BCUT2D eigenvalue weighted by molar-refractivity contribution is 7.88. The third-order valence-corrected chi connectivity index (χ3v) is 9.49. The third-order valence-electron chi connectivity index (χ3n) is 8.19. The minimum absolute atomic E-state index is 0.0626. The van der Waals surface area contributed by atoms with E-state index in [9.17, 15) is 13.2 Å². The molecule has 0 saturated carbocycles. The van der Waals surface area contributed by atoms with E-state index in [1.54, 1.807) is 0 Å². The molecule has 1 aromatic carbocycles. The van der Waals surface area contributed by atoms with Crippen molar-refractivity contribution in [2.24, 2.45) is 5.41 Å². The number of nitrogens with zero attached hydrogens (tertiary/aromatic N) is 4. The zero-order chi connectivity index (χ0) is 24.5. The molecule has 0 aliphatic carbocycles. The molecule has 1 atom stereocenters. The van der Waals surface area contributed by atoms with Gasteiger partial charge in [-0.1, -0.05) is 12.1 Å². The summed E-state index contributed by atoms with van der Waals surface area (Å²) in [6.45, 7) is 9.13. The first-order valence-corrected chi connectivity index (χ1v) is 14.7. The van der Waals surface area contributed by atoms with Gasteiger partial charge in [0.15, 0.2) is 0 Å². The Balaban J connectivity index is 1.10. The van der Waals surface area contributed by atoms with E-state index in [0.29, 0.717) is 25.9 Å². The number of para-hydroxylation sites is 2. The van der Waals surface area contributed by atoms with Gasteiger partial charge in [-0.3, -0.25) is 9.69 Å². The lowest BCUT2D eigenvalue weighted by Crippen LogP contribution is -2.47. The molecular formula is C25H38N4O5S. The topological polar surface area (TPSA) is 82.6 Å². The number of sulfonamides is 1. The van der Waals surface area contributed by atoms with Crippen LogP contribution in [0.5, 0.6) is 0 Å². The number of carbonyl (C=O) groups excluding carboxylic acids is 1. The van der Waals surface area contributed by atoms with Crippen molar-refractivity contribution in [3.8, 4) is 0 Å². The smallest absolute Gasteiger partial charge is 0.312 e. The molecule has 35 heavy (non-hydrogen) atoms. The van der Waals surface area contributed by atoms with Crippen molar-refractivity contribution in [1.29, 1.82) is 0 Å². The van der Waals surface area contributed by atoms with E-state index < -0.39 is 15.4 Å². The molecule has 4 aliphatic heterocycles. The van der Waals surface area contributed by atoms with E-state index in [0.717, 1.165) is 71.9 Å². The van der Waals surface area contributed by atoms with Crippen molar-refractivity contribution < 1.29 is 22.7 Å². The SMILES string of the molecule is CS(=O)(=O)N1CCC2(CC1)C[C@@H](CCN1CCN(c3ccccc3N3CCOCC3)CC1)OC2=O. The third kappa shape index (κ3) is 5.45. The summed E-state index contributed by atoms with van der Waals surface area (Å²) >= 11 is 0. The zero-order valence-corrected chi connectivity index (χ0v) is 21.5. The maximum atomic E-state index is 12.7. The van der Waals surface area contributed by atoms with Crippen molar-refractivity contribution in [2.75, 3.05) is 88.2 Å². The molecule has 0 aromatic heterocycles. The Kier molecular flexibility index (Phi) is 7.25. The van der Waals surface area contributed by atoms with E-state index in [-0.39, 0.29) is 12.1 Å². The highest BCUT2D eigenvalue weighted by Crippen LogP contribution is 2.44. The van der Waals surface area contributed by atoms with Crippen LogP contribution in [0.3, 0.4) is 0 Å². The molecule has 4 aliphatic rings. The van der Waals surface area contributed by atoms with Gasteiger partial charge in [-0.25, -0.2) is 12.7 Å². The lowest BCUT2D eigenvalue weighted by Gasteiger charge is -2.39. The number of cyclic esters (lactones) is 1. The molecule has 4 heterocycles. The molecule has 1 spiro atoms. The minimum Gasteiger partial charge on any atom is -0.462 e. The number of hydrogen-bond donors (Lipinski definition) is 0. The number of piperidine rings is 1. The van der Waals surface area contributed by atoms with Crippen LogP contribution in [0.2, 0.25) is 0 Å². The van der Waals surface area contributed by atoms with Crippen molar-refractivity contribution in [1.82, 2.24) is 9.21 Å². The molecular weight excluding hydrogens is 468 g/mol. The molecule has 194 valence electrons. The fourth-order valence-electron chi connectivity index (χ4n) is 5.99. The van der Waals surface area contributed by atoms with Crippen LogP contribution in [0.4, 0.5) is 11.4 Å². The summed E-state index contributed by atoms with van der Waals surface area (Å²) in [5, 5.41) is 0. The normalized spacial score (nSPS) is 26.3. The van der Waals surface area contributed by atoms with Crippen molar-refractivity contribution >= 4 is 27.4 Å². The highest BCUT2D eigenvalue weighted by atomic mass is 32.2. The number of anilines is 2. The first-order valence-electron chi connectivity index (χ1n) is 12.9. The van der Waals surface area contributed by atoms with Gasteiger partial charge in [0.2, 0.25) is 10.0 Å². The highest BCUT2D eigenvalue weighted by Gasteiger charge is 2.51. The number of ether oxygens (including phenoxy) is 2. The second kappa shape index (κ2) is 10.2. The number of hydrogen-bond acceptors (Lipinski definition) is 8. The number of carbonyl (C=O) groups is 1. The summed E-state index contributed by atoms with van der Waals surface area (Å²) < 4.78 is 36.4. The average Bonchev–Trinajstić information content (AvgIpc) is 3.17. The molecule has 9 nitrogen and oxygen atoms in total. The van der Waals surface area contributed by atoms with E-state index in [2.05, 4.69) is 39.0 Å². The monoisotopic (exact) mass is 506 g/mol. The number of esters is 1. The maximum absolute atomic E-state index is 12.7. The van der Waals surface area contributed by atoms with Crippen LogP contribution in [0.1, 0.15) is 25.7 Å². The fourth-order valence-corrected chi connectivity index (χ4v) is 6.84. The Morgan fingerprint density at radius 3 is 2.11 bits per heavy atom. The first kappa shape index (κ1) is 24.8. The van der Waals surface area contributed by atoms with E-state index in [1.165, 1.54) is 21.9 Å². The van der Waals surface area contributed by atoms with Gasteiger partial charge in [-0.05, 0) is 31.4 Å². The molecule has 10 heteroatoms. The van der Waals surface area contributed by atoms with Crippen LogP contribution in [-0.2, 0) is 24.3 Å². The average molecular weight is 507 g/mol. The van der Waals surface area contributed by atoms with Gasteiger partial charge >= 0.3 is 5.97 Å². The lowest BCUT2D eigenvalue weighted by atomic mass is 9.76. The molecule has 0 bridgehead atoms. The predicted octanol–water partition coefficient (Wildman–Crippen LogP) is 1.39. The van der Waals surface area contributed by atoms with Crippen LogP contribution < -0.4 is 9.80 Å². The lowest BCUT2D eigenvalue weighted by molar-refractivity contribution is -0.150. The molecule has 5 rings (SSSR count). The Labute approximate surface area is 209 Å². The standard InChI is InChI=1S/C25H38N4O5S/c1-35(31,32)29-10-7-25(8-11-29)20-21(34-24(25)30)6-9-26-12-14-27(15-13-26)22-4-2-3-5-23(22)28-16-18-33-19-17-28/h2-5,21H,6-20H2,1H3/t21-/m1/s1. The van der Waals surface area contributed by atoms with Gasteiger partial charge in [0.1, 0.15) is 6.10 Å². The summed E-state index contributed by atoms with van der Waals surface area (Å²) in [4.78, 5) is 20.1. The van der Waals surface area contributed by atoms with Gasteiger partial charge in [0, 0.05) is 65.3 Å². The molecule has 0 unspecified atom stereocenters. The number of benzene rings is 1. The Morgan fingerprint density at radius 1 is 0.914 bits per heavy atom. The summed E-state index contributed by atoms with van der Waals surface area (Å²) in [6, 6.07) is 8.69. The second-order valence-corrected chi connectivity index (χ2v) is 12.4. The van der Waals surface area contributed by atoms with Gasteiger partial charge < -0.3 is 19.3 Å². The molecule has 0 N–H and O–H groups in total. The van der Waals surface area contributed by atoms with E-state index in [1.807, 2.05) is 0 Å². The van der Waals surface area contributed by atoms with Gasteiger partial charge in [-0.15, -0.1) is 0 Å². The summed E-state index contributed by atoms with van der Waals surface area (Å²) in [5.41, 5.74) is 2.11. The summed E-state index contributed by atoms with van der Waals surface area (Å²) in [5.74, 6) is -0.125. The maximum Gasteiger partial charge on any atom is 0.312 e. The van der Waals surface area contributed by atoms with Crippen LogP contribution >= 0.6 is 0 Å². The Hall–Kier alpha value is -1.88. The Morgan fingerprint density at radius 2 is 1.51 bits per heavy atom. The molecule has 4 saturated heterocycles. The summed E-state index contributed by atoms with van der Waals surface area (Å²) in [6.07, 6.45) is 3.87. The summed E-state index contributed by atoms with van der Waals surface area (Å²) in [7, 11) is -3.20. The van der Waals surface area contributed by atoms with Crippen molar-refractivity contribution in [3.63, 3.8) is 0 Å². The van der Waals surface area contributed by atoms with Gasteiger partial charge in [0.05, 0.1) is 36.3 Å². The fraction of sp³-hybridized carbons (Fsp3) is 0.720. The van der Waals surface area contributed by atoms with Crippen LogP contribution in [0, 0.1) is 5.41 Å². The van der Waals surface area contributed by atoms with Crippen LogP contribution in [0.15, 0.2) is 24.3 Å². The number of morpholine rings is 1. The number of rotatable bonds is 6. The molecule has 0 radical (unpaired) electrons. The number of piperazine rings is 1. The predicted molar refractivity (Wildman–Crippen MR) is 135 cm³/mol. The van der Waals surface area contributed by atoms with Crippen molar-refractivity contribution in [3.05, 3.63) is 24.3 Å². The Bertz CT molecular complexity index is 997. The van der Waals surface area contributed by atoms with Crippen molar-refractivity contribution in [2.45, 2.75) is 31.8 Å².